The molecule has 3 aromatic rings. The van der Waals surface area contributed by atoms with Crippen LogP contribution in [0.2, 0.25) is 0 Å². The second kappa shape index (κ2) is 13.3. The van der Waals surface area contributed by atoms with Gasteiger partial charge in [-0.25, -0.2) is 8.42 Å². The van der Waals surface area contributed by atoms with Gasteiger partial charge in [0, 0.05) is 36.3 Å². The third-order valence-electron chi connectivity index (χ3n) is 8.23. The highest BCUT2D eigenvalue weighted by molar-refractivity contribution is 7.92. The smallest absolute Gasteiger partial charge is 0.261 e. The average molecular weight is 577 g/mol. The van der Waals surface area contributed by atoms with Gasteiger partial charge in [-0.05, 0) is 48.2 Å². The summed E-state index contributed by atoms with van der Waals surface area (Å²) in [6.45, 7) is 7.76. The van der Waals surface area contributed by atoms with Gasteiger partial charge in [0.2, 0.25) is 0 Å². The Kier molecular flexibility index (Phi) is 9.57. The molecule has 1 aliphatic carbocycles. The van der Waals surface area contributed by atoms with Crippen molar-refractivity contribution in [3.05, 3.63) is 108 Å². The van der Waals surface area contributed by atoms with Gasteiger partial charge in [0.25, 0.3) is 10.0 Å². The minimum atomic E-state index is -3.69. The summed E-state index contributed by atoms with van der Waals surface area (Å²) in [4.78, 5) is 2.71. The first-order valence-corrected chi connectivity index (χ1v) is 15.9. The number of nitrogens with zero attached hydrogens (tertiary/aromatic N) is 1. The Morgan fingerprint density at radius 2 is 1.61 bits per heavy atom. The van der Waals surface area contributed by atoms with Crippen LogP contribution in [0.1, 0.15) is 61.7 Å². The van der Waals surface area contributed by atoms with Gasteiger partial charge in [0.15, 0.2) is 6.29 Å². The highest BCUT2D eigenvalue weighted by atomic mass is 32.2. The fourth-order valence-electron chi connectivity index (χ4n) is 5.89. The fraction of sp³-hybridized carbons (Fsp3) is 0.394. The van der Waals surface area contributed by atoms with Gasteiger partial charge < -0.3 is 14.6 Å². The number of anilines is 1. The number of rotatable bonds is 11. The SMILES string of the molecule is C=CCN(CC1OC(c2ccc(NS(=O)(=O)c3ccccc3)cc2)OC(c2ccc(CO)cc2)C1C)C1CCCC1. The van der Waals surface area contributed by atoms with Gasteiger partial charge in [-0.1, -0.05) is 80.4 Å². The molecule has 1 saturated carbocycles. The number of nitrogens with one attached hydrogen (secondary N) is 1. The molecular formula is C33H40N2O5S. The molecule has 0 radical (unpaired) electrons. The molecule has 4 unspecified atom stereocenters. The van der Waals surface area contributed by atoms with Crippen molar-refractivity contribution < 1.29 is 23.0 Å². The molecule has 2 aliphatic rings. The van der Waals surface area contributed by atoms with E-state index in [9.17, 15) is 13.5 Å². The molecule has 1 saturated heterocycles. The topological polar surface area (TPSA) is 88.1 Å². The molecule has 1 heterocycles. The summed E-state index contributed by atoms with van der Waals surface area (Å²) in [6, 6.07) is 23.9. The lowest BCUT2D eigenvalue weighted by atomic mass is 9.89. The van der Waals surface area contributed by atoms with Crippen LogP contribution in [0, 0.1) is 5.92 Å². The lowest BCUT2D eigenvalue weighted by Crippen LogP contribution is -2.47. The van der Waals surface area contributed by atoms with Gasteiger partial charge in [-0.3, -0.25) is 9.62 Å². The van der Waals surface area contributed by atoms with E-state index in [1.165, 1.54) is 25.7 Å². The third-order valence-corrected chi connectivity index (χ3v) is 9.63. The lowest BCUT2D eigenvalue weighted by Gasteiger charge is -2.43. The van der Waals surface area contributed by atoms with E-state index >= 15 is 0 Å². The van der Waals surface area contributed by atoms with Crippen LogP contribution >= 0.6 is 0 Å². The average Bonchev–Trinajstić information content (AvgIpc) is 3.54. The number of benzene rings is 3. The van der Waals surface area contributed by atoms with Gasteiger partial charge in [-0.15, -0.1) is 6.58 Å². The van der Waals surface area contributed by atoms with Crippen molar-refractivity contribution in [1.82, 2.24) is 4.90 Å². The van der Waals surface area contributed by atoms with Crippen LogP contribution in [0.5, 0.6) is 0 Å². The summed E-state index contributed by atoms with van der Waals surface area (Å²) in [7, 11) is -3.69. The molecule has 0 spiro atoms. The molecule has 0 amide bonds. The maximum Gasteiger partial charge on any atom is 0.261 e. The van der Waals surface area contributed by atoms with E-state index in [2.05, 4.69) is 23.1 Å². The predicted octanol–water partition coefficient (Wildman–Crippen LogP) is 6.20. The maximum absolute atomic E-state index is 12.8. The minimum Gasteiger partial charge on any atom is -0.392 e. The molecule has 0 aromatic heterocycles. The molecule has 1 aliphatic heterocycles. The van der Waals surface area contributed by atoms with Crippen LogP contribution in [-0.4, -0.2) is 43.7 Å². The Balaban J connectivity index is 1.38. The van der Waals surface area contributed by atoms with Gasteiger partial charge in [0.1, 0.15) is 0 Å². The molecular weight excluding hydrogens is 536 g/mol. The lowest BCUT2D eigenvalue weighted by molar-refractivity contribution is -0.276. The Morgan fingerprint density at radius 1 is 0.951 bits per heavy atom. The minimum absolute atomic E-state index is 0.00596. The molecule has 0 bridgehead atoms. The van der Waals surface area contributed by atoms with Gasteiger partial charge >= 0.3 is 0 Å². The highest BCUT2D eigenvalue weighted by Gasteiger charge is 2.40. The second-order valence-corrected chi connectivity index (χ2v) is 12.7. The van der Waals surface area contributed by atoms with E-state index in [0.717, 1.165) is 29.8 Å². The Bertz CT molecular complexity index is 1370. The van der Waals surface area contributed by atoms with Gasteiger partial charge in [-0.2, -0.15) is 0 Å². The summed E-state index contributed by atoms with van der Waals surface area (Å²) < 4.78 is 41.5. The van der Waals surface area contributed by atoms with Crippen molar-refractivity contribution in [1.29, 1.82) is 0 Å². The summed E-state index contributed by atoms with van der Waals surface area (Å²) >= 11 is 0. The summed E-state index contributed by atoms with van der Waals surface area (Å²) in [5.41, 5.74) is 3.18. The van der Waals surface area contributed by atoms with Crippen molar-refractivity contribution >= 4 is 15.7 Å². The Morgan fingerprint density at radius 3 is 2.24 bits per heavy atom. The zero-order chi connectivity index (χ0) is 28.8. The first-order valence-electron chi connectivity index (χ1n) is 14.4. The van der Waals surface area contributed by atoms with E-state index in [-0.39, 0.29) is 29.6 Å². The van der Waals surface area contributed by atoms with Crippen molar-refractivity contribution in [3.8, 4) is 0 Å². The number of hydrogen-bond acceptors (Lipinski definition) is 6. The summed E-state index contributed by atoms with van der Waals surface area (Å²) in [6.07, 6.45) is 5.96. The second-order valence-electron chi connectivity index (χ2n) is 11.0. The molecule has 218 valence electrons. The highest BCUT2D eigenvalue weighted by Crippen LogP contribution is 2.42. The van der Waals surface area contributed by atoms with Crippen molar-refractivity contribution in [3.63, 3.8) is 0 Å². The molecule has 5 rings (SSSR count). The quantitative estimate of drug-likeness (QED) is 0.264. The first-order chi connectivity index (χ1) is 19.9. The van der Waals surface area contributed by atoms with Crippen LogP contribution in [0.15, 0.2) is 96.4 Å². The van der Waals surface area contributed by atoms with Crippen molar-refractivity contribution in [2.75, 3.05) is 17.8 Å². The molecule has 41 heavy (non-hydrogen) atoms. The number of aliphatic hydroxyl groups excluding tert-OH is 1. The summed E-state index contributed by atoms with van der Waals surface area (Å²) in [5, 5.41) is 9.53. The molecule has 2 fully saturated rings. The maximum atomic E-state index is 12.8. The van der Waals surface area contributed by atoms with Crippen molar-refractivity contribution in [2.45, 2.75) is 68.6 Å². The molecule has 2 N–H and O–H groups in total. The fourth-order valence-corrected chi connectivity index (χ4v) is 6.97. The number of aliphatic hydroxyl groups is 1. The first kappa shape index (κ1) is 29.5. The standard InChI is InChI=1S/C33H40N2O5S/c1-3-21-35(29-9-7-8-10-29)22-31-24(2)32(26-15-13-25(23-36)14-16-26)40-33(39-31)27-17-19-28(20-18-27)34-41(37,38)30-11-5-4-6-12-30/h3-6,11-20,24,29,31-34,36H,1,7-10,21-23H2,2H3. The number of ether oxygens (including phenoxy) is 2. The van der Waals surface area contributed by atoms with Crippen LogP contribution in [-0.2, 0) is 26.1 Å². The molecule has 4 atom stereocenters. The Labute approximate surface area is 243 Å². The van der Waals surface area contributed by atoms with E-state index < -0.39 is 16.3 Å². The third kappa shape index (κ3) is 7.08. The van der Waals surface area contributed by atoms with Crippen LogP contribution in [0.3, 0.4) is 0 Å². The molecule has 3 aromatic carbocycles. The molecule has 7 nitrogen and oxygen atoms in total. The Hall–Kier alpha value is -3.01. The summed E-state index contributed by atoms with van der Waals surface area (Å²) in [5.74, 6) is 0.0805. The zero-order valence-electron chi connectivity index (χ0n) is 23.6. The van der Waals surface area contributed by atoms with Crippen LogP contribution < -0.4 is 4.72 Å². The number of hydrogen-bond donors (Lipinski definition) is 2. The van der Waals surface area contributed by atoms with E-state index in [4.69, 9.17) is 9.47 Å². The largest absolute Gasteiger partial charge is 0.392 e. The predicted molar refractivity (Wildman–Crippen MR) is 161 cm³/mol. The van der Waals surface area contributed by atoms with E-state index in [0.29, 0.717) is 11.7 Å². The van der Waals surface area contributed by atoms with E-state index in [1.54, 1.807) is 42.5 Å². The normalized spacial score (nSPS) is 23.5. The van der Waals surface area contributed by atoms with Crippen LogP contribution in [0.4, 0.5) is 5.69 Å². The van der Waals surface area contributed by atoms with Gasteiger partial charge in [0.05, 0.1) is 23.7 Å². The van der Waals surface area contributed by atoms with E-state index in [1.807, 2.05) is 42.5 Å². The molecule has 8 heteroatoms. The zero-order valence-corrected chi connectivity index (χ0v) is 24.4. The van der Waals surface area contributed by atoms with Crippen LogP contribution in [0.25, 0.3) is 0 Å². The van der Waals surface area contributed by atoms with Crippen molar-refractivity contribution in [2.24, 2.45) is 5.92 Å². The monoisotopic (exact) mass is 576 g/mol. The number of sulfonamides is 1.